The predicted molar refractivity (Wildman–Crippen MR) is 90.8 cm³/mol. The molecule has 122 valence electrons. The molecule has 2 amide bonds. The molecule has 1 rings (SSSR count). The molecule has 0 saturated carbocycles. The zero-order valence-electron chi connectivity index (χ0n) is 13.3. The van der Waals surface area contributed by atoms with Gasteiger partial charge in [0, 0.05) is 13.1 Å². The van der Waals surface area contributed by atoms with Crippen LogP contribution in [0.1, 0.15) is 48.4 Å². The molecule has 22 heavy (non-hydrogen) atoms. The Morgan fingerprint density at radius 1 is 0.864 bits per heavy atom. The summed E-state index contributed by atoms with van der Waals surface area (Å²) in [7, 11) is 0. The van der Waals surface area contributed by atoms with Crippen LogP contribution in [-0.2, 0) is 0 Å². The highest BCUT2D eigenvalue weighted by Crippen LogP contribution is 2.26. The van der Waals surface area contributed by atoms with E-state index in [1.807, 2.05) is 27.7 Å². The van der Waals surface area contributed by atoms with Crippen molar-refractivity contribution in [2.75, 3.05) is 13.1 Å². The molecule has 0 fully saturated rings. The third-order valence-corrected chi connectivity index (χ3v) is 3.61. The van der Waals surface area contributed by atoms with Gasteiger partial charge in [0.2, 0.25) is 0 Å². The monoisotopic (exact) mass is 344 g/mol. The summed E-state index contributed by atoms with van der Waals surface area (Å²) in [6, 6.07) is 2.87. The number of halogens is 2. The van der Waals surface area contributed by atoms with Crippen LogP contribution in [0.25, 0.3) is 0 Å². The van der Waals surface area contributed by atoms with Crippen LogP contribution in [0.4, 0.5) is 0 Å². The van der Waals surface area contributed by atoms with E-state index in [2.05, 4.69) is 10.6 Å². The second kappa shape index (κ2) is 8.39. The van der Waals surface area contributed by atoms with Crippen LogP contribution in [0.15, 0.2) is 12.1 Å². The van der Waals surface area contributed by atoms with Crippen LogP contribution in [0.3, 0.4) is 0 Å². The maximum atomic E-state index is 12.3. The van der Waals surface area contributed by atoms with Crippen LogP contribution in [0.5, 0.6) is 0 Å². The van der Waals surface area contributed by atoms with Gasteiger partial charge in [-0.25, -0.2) is 0 Å². The van der Waals surface area contributed by atoms with Gasteiger partial charge in [0.1, 0.15) is 0 Å². The Labute approximate surface area is 141 Å². The highest BCUT2D eigenvalue weighted by Gasteiger charge is 2.19. The molecule has 1 aromatic carbocycles. The molecular formula is C16H22Cl2N2O2. The van der Waals surface area contributed by atoms with Crippen molar-refractivity contribution in [3.63, 3.8) is 0 Å². The summed E-state index contributed by atoms with van der Waals surface area (Å²) < 4.78 is 0. The summed E-state index contributed by atoms with van der Waals surface area (Å²) in [4.78, 5) is 24.6. The van der Waals surface area contributed by atoms with Crippen molar-refractivity contribution in [3.05, 3.63) is 33.3 Å². The van der Waals surface area contributed by atoms with E-state index in [4.69, 9.17) is 23.2 Å². The predicted octanol–water partition coefficient (Wildman–Crippen LogP) is 3.77. The molecule has 0 heterocycles. The van der Waals surface area contributed by atoms with E-state index < -0.39 is 0 Å². The van der Waals surface area contributed by atoms with Crippen molar-refractivity contribution in [2.24, 2.45) is 11.8 Å². The number of nitrogens with one attached hydrogen (secondary N) is 2. The number of hydrogen-bond acceptors (Lipinski definition) is 2. The average Bonchev–Trinajstić information content (AvgIpc) is 2.44. The second-order valence-corrected chi connectivity index (χ2v) is 6.83. The zero-order chi connectivity index (χ0) is 16.9. The Balaban J connectivity index is 3.06. The van der Waals surface area contributed by atoms with Crippen LogP contribution < -0.4 is 10.6 Å². The molecule has 0 saturated heterocycles. The molecular weight excluding hydrogens is 323 g/mol. The SMILES string of the molecule is CC(C)CNC(=O)c1cc(Cl)c(Cl)cc1C(=O)NCC(C)C. The topological polar surface area (TPSA) is 58.2 Å². The lowest BCUT2D eigenvalue weighted by Gasteiger charge is -2.14. The molecule has 6 heteroatoms. The van der Waals surface area contributed by atoms with E-state index in [1.54, 1.807) is 0 Å². The van der Waals surface area contributed by atoms with Crippen molar-refractivity contribution >= 4 is 35.0 Å². The van der Waals surface area contributed by atoms with E-state index in [0.29, 0.717) is 24.9 Å². The minimum atomic E-state index is -0.332. The summed E-state index contributed by atoms with van der Waals surface area (Å²) in [5.41, 5.74) is 0.465. The zero-order valence-corrected chi connectivity index (χ0v) is 14.8. The molecule has 0 aromatic heterocycles. The lowest BCUT2D eigenvalue weighted by molar-refractivity contribution is 0.0915. The molecule has 1 aromatic rings. The van der Waals surface area contributed by atoms with E-state index in [9.17, 15) is 9.59 Å². The van der Waals surface area contributed by atoms with Gasteiger partial charge < -0.3 is 10.6 Å². The number of rotatable bonds is 6. The van der Waals surface area contributed by atoms with E-state index in [0.717, 1.165) is 0 Å². The Hall–Kier alpha value is -1.26. The lowest BCUT2D eigenvalue weighted by Crippen LogP contribution is -2.32. The molecule has 0 aliphatic carbocycles. The molecule has 0 aliphatic rings. The van der Waals surface area contributed by atoms with Crippen LogP contribution in [0.2, 0.25) is 10.0 Å². The molecule has 0 atom stereocenters. The van der Waals surface area contributed by atoms with Crippen molar-refractivity contribution < 1.29 is 9.59 Å². The third kappa shape index (κ3) is 5.50. The maximum Gasteiger partial charge on any atom is 0.252 e. The number of amides is 2. The van der Waals surface area contributed by atoms with Crippen molar-refractivity contribution in [3.8, 4) is 0 Å². The third-order valence-electron chi connectivity index (χ3n) is 2.89. The largest absolute Gasteiger partial charge is 0.352 e. The fraction of sp³-hybridized carbons (Fsp3) is 0.500. The van der Waals surface area contributed by atoms with Gasteiger partial charge >= 0.3 is 0 Å². The fourth-order valence-electron chi connectivity index (χ4n) is 1.71. The highest BCUT2D eigenvalue weighted by atomic mass is 35.5. The average molecular weight is 345 g/mol. The quantitative estimate of drug-likeness (QED) is 0.825. The molecule has 4 nitrogen and oxygen atoms in total. The Bertz CT molecular complexity index is 508. The van der Waals surface area contributed by atoms with Gasteiger partial charge in [-0.2, -0.15) is 0 Å². The minimum absolute atomic E-state index is 0.233. The Morgan fingerprint density at radius 2 is 1.18 bits per heavy atom. The maximum absolute atomic E-state index is 12.3. The van der Waals surface area contributed by atoms with Crippen molar-refractivity contribution in [1.29, 1.82) is 0 Å². The fourth-order valence-corrected chi connectivity index (χ4v) is 2.03. The van der Waals surface area contributed by atoms with Crippen LogP contribution in [-0.4, -0.2) is 24.9 Å². The summed E-state index contributed by atoms with van der Waals surface area (Å²) >= 11 is 12.0. The Kier molecular flexibility index (Phi) is 7.17. The second-order valence-electron chi connectivity index (χ2n) is 6.02. The first-order chi connectivity index (χ1) is 10.2. The number of hydrogen-bond donors (Lipinski definition) is 2. The van der Waals surface area contributed by atoms with E-state index >= 15 is 0 Å². The molecule has 0 radical (unpaired) electrons. The van der Waals surface area contributed by atoms with Crippen molar-refractivity contribution in [1.82, 2.24) is 10.6 Å². The first-order valence-electron chi connectivity index (χ1n) is 7.27. The molecule has 2 N–H and O–H groups in total. The van der Waals surface area contributed by atoms with E-state index in [1.165, 1.54) is 12.1 Å². The summed E-state index contributed by atoms with van der Waals surface area (Å²) in [5.74, 6) is -0.0428. The molecule has 0 unspecified atom stereocenters. The smallest absolute Gasteiger partial charge is 0.252 e. The van der Waals surface area contributed by atoms with Gasteiger partial charge in [0.05, 0.1) is 21.2 Å². The van der Waals surface area contributed by atoms with Gasteiger partial charge in [-0.05, 0) is 24.0 Å². The van der Waals surface area contributed by atoms with Gasteiger partial charge in [0.25, 0.3) is 11.8 Å². The van der Waals surface area contributed by atoms with E-state index in [-0.39, 0.29) is 33.0 Å². The van der Waals surface area contributed by atoms with Gasteiger partial charge in [0.15, 0.2) is 0 Å². The van der Waals surface area contributed by atoms with Gasteiger partial charge in [-0.15, -0.1) is 0 Å². The molecule has 0 aliphatic heterocycles. The summed E-state index contributed by atoms with van der Waals surface area (Å²) in [6.45, 7) is 9.01. The van der Waals surface area contributed by atoms with Crippen LogP contribution >= 0.6 is 23.2 Å². The van der Waals surface area contributed by atoms with Crippen LogP contribution in [0, 0.1) is 11.8 Å². The summed E-state index contributed by atoms with van der Waals surface area (Å²) in [6.07, 6.45) is 0. The van der Waals surface area contributed by atoms with Gasteiger partial charge in [-0.3, -0.25) is 9.59 Å². The highest BCUT2D eigenvalue weighted by molar-refractivity contribution is 6.42. The van der Waals surface area contributed by atoms with Crippen molar-refractivity contribution in [2.45, 2.75) is 27.7 Å². The molecule has 0 spiro atoms. The first kappa shape index (κ1) is 18.8. The Morgan fingerprint density at radius 3 is 1.45 bits per heavy atom. The molecule has 0 bridgehead atoms. The normalized spacial score (nSPS) is 10.9. The number of benzene rings is 1. The lowest BCUT2D eigenvalue weighted by atomic mass is 10.1. The van der Waals surface area contributed by atoms with Gasteiger partial charge in [-0.1, -0.05) is 50.9 Å². The minimum Gasteiger partial charge on any atom is -0.352 e. The standard InChI is InChI=1S/C16H22Cl2N2O2/c1-9(2)7-19-15(21)11-5-13(17)14(18)6-12(11)16(22)20-8-10(3)4/h5-6,9-10H,7-8H2,1-4H3,(H,19,21)(H,20,22). The summed E-state index contributed by atoms with van der Waals surface area (Å²) in [5, 5.41) is 6.06. The number of carbonyl (C=O) groups is 2. The first-order valence-corrected chi connectivity index (χ1v) is 8.03. The number of carbonyl (C=O) groups excluding carboxylic acids is 2.